The van der Waals surface area contributed by atoms with E-state index in [1.807, 2.05) is 13.8 Å². The third-order valence-electron chi connectivity index (χ3n) is 3.61. The van der Waals surface area contributed by atoms with Crippen molar-refractivity contribution in [1.29, 1.82) is 0 Å². The summed E-state index contributed by atoms with van der Waals surface area (Å²) in [4.78, 5) is 22.4. The summed E-state index contributed by atoms with van der Waals surface area (Å²) in [6.07, 6.45) is 0. The van der Waals surface area contributed by atoms with Crippen LogP contribution in [0.1, 0.15) is 18.3 Å². The summed E-state index contributed by atoms with van der Waals surface area (Å²) in [6.45, 7) is 5.70. The molecule has 2 rings (SSSR count). The van der Waals surface area contributed by atoms with E-state index in [-0.39, 0.29) is 11.4 Å². The van der Waals surface area contributed by atoms with Crippen LogP contribution in [-0.2, 0) is 11.3 Å². The number of rotatable bonds is 5. The van der Waals surface area contributed by atoms with Crippen LogP contribution >= 0.6 is 15.9 Å². The molecule has 2 aromatic rings. The Bertz CT molecular complexity index is 806. The number of carbonyl (C=O) groups is 1. The van der Waals surface area contributed by atoms with Gasteiger partial charge in [-0.1, -0.05) is 6.92 Å². The molecule has 0 aliphatic rings. The molecule has 0 fully saturated rings. The highest BCUT2D eigenvalue weighted by molar-refractivity contribution is 9.10. The number of amides is 1. The van der Waals surface area contributed by atoms with Crippen molar-refractivity contribution in [1.82, 2.24) is 9.78 Å². The van der Waals surface area contributed by atoms with Crippen molar-refractivity contribution in [2.75, 3.05) is 5.32 Å². The lowest BCUT2D eigenvalue weighted by Crippen LogP contribution is -2.25. The summed E-state index contributed by atoms with van der Waals surface area (Å²) in [6, 6.07) is 3.00. The molecule has 0 bridgehead atoms. The average Bonchev–Trinajstić information content (AvgIpc) is 2.76. The Morgan fingerprint density at radius 3 is 2.71 bits per heavy atom. The zero-order valence-corrected chi connectivity index (χ0v) is 14.9. The first-order chi connectivity index (χ1) is 11.2. The van der Waals surface area contributed by atoms with Crippen LogP contribution in [0.5, 0.6) is 0 Å². The minimum Gasteiger partial charge on any atom is -0.323 e. The van der Waals surface area contributed by atoms with Crippen LogP contribution in [-0.4, -0.2) is 20.6 Å². The molecule has 0 unspecified atom stereocenters. The van der Waals surface area contributed by atoms with Gasteiger partial charge < -0.3 is 5.32 Å². The normalized spacial score (nSPS) is 12.0. The monoisotopic (exact) mass is 398 g/mol. The molecule has 1 aromatic carbocycles. The molecule has 0 aliphatic heterocycles. The molecule has 0 saturated carbocycles. The first kappa shape index (κ1) is 18.1. The number of aryl methyl sites for hydroxylation is 1. The quantitative estimate of drug-likeness (QED) is 0.615. The smallest absolute Gasteiger partial charge is 0.271 e. The van der Waals surface area contributed by atoms with Gasteiger partial charge in [0.05, 0.1) is 33.2 Å². The number of nitro groups is 1. The minimum atomic E-state index is -0.727. The third kappa shape index (κ3) is 3.78. The summed E-state index contributed by atoms with van der Waals surface area (Å²) in [5.41, 5.74) is 1.19. The average molecular weight is 399 g/mol. The summed E-state index contributed by atoms with van der Waals surface area (Å²) in [5.74, 6) is -1.68. The Kier molecular flexibility index (Phi) is 5.33. The number of non-ortho nitro benzene ring substituents is 1. The summed E-state index contributed by atoms with van der Waals surface area (Å²) in [5, 5.41) is 17.5. The molecule has 7 nitrogen and oxygen atoms in total. The second kappa shape index (κ2) is 7.08. The largest absolute Gasteiger partial charge is 0.323 e. The number of nitro benzene ring substituents is 1. The number of nitrogens with zero attached hydrogens (tertiary/aromatic N) is 3. The van der Waals surface area contributed by atoms with Gasteiger partial charge in [0.1, 0.15) is 5.82 Å². The number of hydrogen-bond acceptors (Lipinski definition) is 4. The van der Waals surface area contributed by atoms with E-state index in [9.17, 15) is 19.3 Å². The van der Waals surface area contributed by atoms with E-state index in [1.54, 1.807) is 11.6 Å². The summed E-state index contributed by atoms with van der Waals surface area (Å²) >= 11 is 3.41. The van der Waals surface area contributed by atoms with Crippen LogP contribution in [0.25, 0.3) is 0 Å². The Balaban J connectivity index is 2.13. The van der Waals surface area contributed by atoms with Crippen molar-refractivity contribution < 1.29 is 14.1 Å². The fraction of sp³-hybridized carbons (Fsp3) is 0.333. The standard InChI is InChI=1S/C15H16BrFN4O3/c1-8(7-20-10(3)14(16)9(2)19-20)15(22)18-13-6-11(21(23)24)4-5-12(13)17/h4-6,8H,7H2,1-3H3,(H,18,22)/t8-/m1/s1. The number of hydrogen-bond donors (Lipinski definition) is 1. The topological polar surface area (TPSA) is 90.1 Å². The molecular weight excluding hydrogens is 383 g/mol. The second-order valence-corrected chi connectivity index (χ2v) is 6.27. The maximum atomic E-state index is 13.7. The molecule has 1 amide bonds. The van der Waals surface area contributed by atoms with Crippen molar-refractivity contribution in [3.05, 3.63) is 50.0 Å². The molecule has 0 spiro atoms. The van der Waals surface area contributed by atoms with Gasteiger partial charge in [-0.3, -0.25) is 19.6 Å². The van der Waals surface area contributed by atoms with Gasteiger partial charge in [0.25, 0.3) is 5.69 Å². The molecule has 0 saturated heterocycles. The molecule has 0 aliphatic carbocycles. The number of benzene rings is 1. The lowest BCUT2D eigenvalue weighted by molar-refractivity contribution is -0.384. The van der Waals surface area contributed by atoms with E-state index in [1.165, 1.54) is 0 Å². The highest BCUT2D eigenvalue weighted by Crippen LogP contribution is 2.23. The van der Waals surface area contributed by atoms with Crippen LogP contribution in [0.4, 0.5) is 15.8 Å². The number of anilines is 1. The predicted molar refractivity (Wildman–Crippen MR) is 90.2 cm³/mol. The lowest BCUT2D eigenvalue weighted by Gasteiger charge is -2.14. The Hall–Kier alpha value is -2.29. The van der Waals surface area contributed by atoms with Crippen molar-refractivity contribution in [2.24, 2.45) is 5.92 Å². The van der Waals surface area contributed by atoms with E-state index < -0.39 is 22.6 Å². The molecule has 1 aromatic heterocycles. The second-order valence-electron chi connectivity index (χ2n) is 5.48. The minimum absolute atomic E-state index is 0.212. The first-order valence-electron chi connectivity index (χ1n) is 7.15. The third-order valence-corrected chi connectivity index (χ3v) is 4.75. The summed E-state index contributed by atoms with van der Waals surface area (Å²) in [7, 11) is 0. The van der Waals surface area contributed by atoms with E-state index in [0.717, 1.165) is 34.1 Å². The lowest BCUT2D eigenvalue weighted by atomic mass is 10.1. The molecule has 9 heteroatoms. The van der Waals surface area contributed by atoms with Gasteiger partial charge in [-0.2, -0.15) is 5.10 Å². The van der Waals surface area contributed by atoms with Crippen LogP contribution in [0.15, 0.2) is 22.7 Å². The zero-order valence-electron chi connectivity index (χ0n) is 13.3. The van der Waals surface area contributed by atoms with Gasteiger partial charge in [0, 0.05) is 17.8 Å². The predicted octanol–water partition coefficient (Wildman–Crippen LogP) is 3.58. The van der Waals surface area contributed by atoms with Gasteiger partial charge in [0.2, 0.25) is 5.91 Å². The first-order valence-corrected chi connectivity index (χ1v) is 7.94. The highest BCUT2D eigenvalue weighted by Gasteiger charge is 2.19. The fourth-order valence-corrected chi connectivity index (χ4v) is 2.46. The maximum absolute atomic E-state index is 13.7. The molecular formula is C15H16BrFN4O3. The van der Waals surface area contributed by atoms with Gasteiger partial charge in [0.15, 0.2) is 0 Å². The van der Waals surface area contributed by atoms with Gasteiger partial charge >= 0.3 is 0 Å². The highest BCUT2D eigenvalue weighted by atomic mass is 79.9. The Labute approximate surface area is 146 Å². The number of halogens is 2. The zero-order chi connectivity index (χ0) is 18.0. The van der Waals surface area contributed by atoms with Crippen molar-refractivity contribution >= 4 is 33.2 Å². The Morgan fingerprint density at radius 2 is 2.17 bits per heavy atom. The van der Waals surface area contributed by atoms with Crippen LogP contribution in [0, 0.1) is 35.7 Å². The van der Waals surface area contributed by atoms with Crippen molar-refractivity contribution in [3.8, 4) is 0 Å². The number of nitrogens with one attached hydrogen (secondary N) is 1. The van der Waals surface area contributed by atoms with E-state index in [2.05, 4.69) is 26.3 Å². The van der Waals surface area contributed by atoms with Gasteiger partial charge in [-0.25, -0.2) is 4.39 Å². The molecule has 24 heavy (non-hydrogen) atoms. The Morgan fingerprint density at radius 1 is 1.50 bits per heavy atom. The van der Waals surface area contributed by atoms with Crippen LogP contribution in [0.2, 0.25) is 0 Å². The molecule has 0 radical (unpaired) electrons. The number of aromatic nitrogens is 2. The van der Waals surface area contributed by atoms with E-state index >= 15 is 0 Å². The van der Waals surface area contributed by atoms with Crippen LogP contribution < -0.4 is 5.32 Å². The fourth-order valence-electron chi connectivity index (χ4n) is 2.17. The van der Waals surface area contributed by atoms with E-state index in [0.29, 0.717) is 6.54 Å². The summed E-state index contributed by atoms with van der Waals surface area (Å²) < 4.78 is 16.3. The van der Waals surface area contributed by atoms with E-state index in [4.69, 9.17) is 0 Å². The van der Waals surface area contributed by atoms with Crippen molar-refractivity contribution in [3.63, 3.8) is 0 Å². The van der Waals surface area contributed by atoms with Crippen LogP contribution in [0.3, 0.4) is 0 Å². The SMILES string of the molecule is Cc1nn(C[C@@H](C)C(=O)Nc2cc([N+](=O)[O-])ccc2F)c(C)c1Br. The van der Waals surface area contributed by atoms with Gasteiger partial charge in [-0.15, -0.1) is 0 Å². The van der Waals surface area contributed by atoms with Gasteiger partial charge in [-0.05, 0) is 35.8 Å². The maximum Gasteiger partial charge on any atom is 0.271 e. The number of carbonyl (C=O) groups excluding carboxylic acids is 1. The molecule has 1 N–H and O–H groups in total. The molecule has 128 valence electrons. The molecule has 1 heterocycles. The molecule has 1 atom stereocenters. The van der Waals surface area contributed by atoms with Crippen molar-refractivity contribution in [2.45, 2.75) is 27.3 Å².